The van der Waals surface area contributed by atoms with E-state index in [4.69, 9.17) is 5.11 Å². The Morgan fingerprint density at radius 1 is 1.17 bits per heavy atom. The monoisotopic (exact) mass is 342 g/mol. The zero-order valence-corrected chi connectivity index (χ0v) is 14.2. The number of carboxylic acids is 1. The zero-order valence-electron chi connectivity index (χ0n) is 13.4. The second-order valence-electron chi connectivity index (χ2n) is 5.31. The Morgan fingerprint density at radius 2 is 1.74 bits per heavy atom. The molecule has 0 saturated heterocycles. The van der Waals surface area contributed by atoms with Crippen LogP contribution in [0.25, 0.3) is 0 Å². The molecule has 1 rings (SSSR count). The lowest BCUT2D eigenvalue weighted by atomic mass is 10.0. The van der Waals surface area contributed by atoms with Gasteiger partial charge in [0.1, 0.15) is 0 Å². The maximum Gasteiger partial charge on any atom is 0.308 e. The summed E-state index contributed by atoms with van der Waals surface area (Å²) in [6.07, 6.45) is 0.0538. The smallest absolute Gasteiger partial charge is 0.308 e. The second-order valence-corrected chi connectivity index (χ2v) is 7.07. The van der Waals surface area contributed by atoms with Gasteiger partial charge in [-0.3, -0.25) is 9.59 Å². The van der Waals surface area contributed by atoms with Crippen molar-refractivity contribution >= 4 is 21.9 Å². The van der Waals surface area contributed by atoms with Crippen molar-refractivity contribution in [1.82, 2.24) is 10.0 Å². The van der Waals surface area contributed by atoms with Gasteiger partial charge in [0, 0.05) is 12.6 Å². The summed E-state index contributed by atoms with van der Waals surface area (Å²) >= 11 is 0. The van der Waals surface area contributed by atoms with Crippen LogP contribution in [0.4, 0.5) is 0 Å². The van der Waals surface area contributed by atoms with Gasteiger partial charge in [-0.05, 0) is 31.5 Å². The Kier molecular flexibility index (Phi) is 6.71. The first kappa shape index (κ1) is 19.1. The summed E-state index contributed by atoms with van der Waals surface area (Å²) in [7, 11) is -3.51. The number of rotatable bonds is 8. The average molecular weight is 342 g/mol. The van der Waals surface area contributed by atoms with E-state index in [1.54, 1.807) is 26.0 Å². The molecule has 0 fully saturated rings. The summed E-state index contributed by atoms with van der Waals surface area (Å²) in [6, 6.07) is 5.51. The van der Waals surface area contributed by atoms with E-state index in [-0.39, 0.29) is 17.2 Å². The van der Waals surface area contributed by atoms with Crippen LogP contribution in [-0.4, -0.2) is 38.0 Å². The molecule has 1 aromatic rings. The van der Waals surface area contributed by atoms with Gasteiger partial charge >= 0.3 is 5.97 Å². The van der Waals surface area contributed by atoms with Crippen molar-refractivity contribution in [1.29, 1.82) is 0 Å². The largest absolute Gasteiger partial charge is 0.481 e. The third-order valence-electron chi connectivity index (χ3n) is 3.46. The zero-order chi connectivity index (χ0) is 17.6. The number of benzene rings is 1. The van der Waals surface area contributed by atoms with Gasteiger partial charge in [0.15, 0.2) is 0 Å². The first-order chi connectivity index (χ1) is 10.7. The third-order valence-corrected chi connectivity index (χ3v) is 5.02. The summed E-state index contributed by atoms with van der Waals surface area (Å²) in [5, 5.41) is 11.5. The van der Waals surface area contributed by atoms with Crippen molar-refractivity contribution < 1.29 is 23.1 Å². The third kappa shape index (κ3) is 5.65. The molecule has 0 aliphatic heterocycles. The molecule has 0 aromatic heterocycles. The molecule has 0 aliphatic carbocycles. The Balaban J connectivity index is 2.68. The van der Waals surface area contributed by atoms with Gasteiger partial charge in [-0.15, -0.1) is 0 Å². The van der Waals surface area contributed by atoms with Crippen LogP contribution in [0.5, 0.6) is 0 Å². The van der Waals surface area contributed by atoms with Gasteiger partial charge < -0.3 is 10.4 Å². The molecule has 23 heavy (non-hydrogen) atoms. The van der Waals surface area contributed by atoms with Gasteiger partial charge in [-0.2, -0.15) is 0 Å². The van der Waals surface area contributed by atoms with Crippen molar-refractivity contribution in [3.8, 4) is 0 Å². The SMILES string of the molecule is CCNS(=O)(=O)c1ccc(CC(=O)NC(C)C(C)C(=O)O)cc1. The van der Waals surface area contributed by atoms with E-state index in [1.165, 1.54) is 19.1 Å². The topological polar surface area (TPSA) is 113 Å². The summed E-state index contributed by atoms with van der Waals surface area (Å²) in [4.78, 5) is 22.9. The molecule has 7 nitrogen and oxygen atoms in total. The molecular weight excluding hydrogens is 320 g/mol. The van der Waals surface area contributed by atoms with Crippen LogP contribution in [0.1, 0.15) is 26.3 Å². The van der Waals surface area contributed by atoms with Gasteiger partial charge in [-0.1, -0.05) is 19.1 Å². The number of sulfonamides is 1. The second kappa shape index (κ2) is 8.07. The molecule has 1 aromatic carbocycles. The van der Waals surface area contributed by atoms with Crippen molar-refractivity contribution in [3.63, 3.8) is 0 Å². The highest BCUT2D eigenvalue weighted by Gasteiger charge is 2.21. The number of aliphatic carboxylic acids is 1. The highest BCUT2D eigenvalue weighted by molar-refractivity contribution is 7.89. The van der Waals surface area contributed by atoms with Crippen LogP contribution in [-0.2, 0) is 26.0 Å². The van der Waals surface area contributed by atoms with E-state index >= 15 is 0 Å². The lowest BCUT2D eigenvalue weighted by Gasteiger charge is -2.17. The molecular formula is C15H22N2O5S. The van der Waals surface area contributed by atoms with E-state index in [2.05, 4.69) is 10.0 Å². The molecule has 0 radical (unpaired) electrons. The van der Waals surface area contributed by atoms with Crippen molar-refractivity contribution in [3.05, 3.63) is 29.8 Å². The Hall–Kier alpha value is -1.93. The van der Waals surface area contributed by atoms with Crippen LogP contribution < -0.4 is 10.0 Å². The summed E-state index contributed by atoms with van der Waals surface area (Å²) in [5.74, 6) is -1.98. The first-order valence-electron chi connectivity index (χ1n) is 7.28. The molecule has 3 N–H and O–H groups in total. The van der Waals surface area contributed by atoms with Crippen LogP contribution >= 0.6 is 0 Å². The van der Waals surface area contributed by atoms with Gasteiger partial charge in [0.05, 0.1) is 17.2 Å². The summed E-state index contributed by atoms with van der Waals surface area (Å²) < 4.78 is 26.0. The minimum atomic E-state index is -3.51. The van der Waals surface area contributed by atoms with Crippen molar-refractivity contribution in [2.75, 3.05) is 6.54 Å². The summed E-state index contributed by atoms with van der Waals surface area (Å²) in [5.41, 5.74) is 0.646. The van der Waals surface area contributed by atoms with Crippen LogP contribution in [0.2, 0.25) is 0 Å². The molecule has 0 saturated carbocycles. The Morgan fingerprint density at radius 3 is 2.22 bits per heavy atom. The lowest BCUT2D eigenvalue weighted by Crippen LogP contribution is -2.40. The quantitative estimate of drug-likeness (QED) is 0.645. The number of nitrogens with one attached hydrogen (secondary N) is 2. The van der Waals surface area contributed by atoms with Crippen LogP contribution in [0.3, 0.4) is 0 Å². The number of carbonyl (C=O) groups excluding carboxylic acids is 1. The van der Waals surface area contributed by atoms with Crippen LogP contribution in [0.15, 0.2) is 29.2 Å². The normalized spacial score (nSPS) is 14.0. The number of carboxylic acid groups (broad SMARTS) is 1. The van der Waals surface area contributed by atoms with E-state index in [1.807, 2.05) is 0 Å². The molecule has 2 unspecified atom stereocenters. The fourth-order valence-electron chi connectivity index (χ4n) is 1.89. The summed E-state index contributed by atoms with van der Waals surface area (Å²) in [6.45, 7) is 5.14. The molecule has 128 valence electrons. The highest BCUT2D eigenvalue weighted by Crippen LogP contribution is 2.11. The predicted molar refractivity (Wildman–Crippen MR) is 85.4 cm³/mol. The minimum Gasteiger partial charge on any atom is -0.481 e. The maximum absolute atomic E-state index is 11.9. The maximum atomic E-state index is 11.9. The van der Waals surface area contributed by atoms with E-state index in [9.17, 15) is 18.0 Å². The number of amides is 1. The molecule has 2 atom stereocenters. The Labute approximate surface area is 136 Å². The first-order valence-corrected chi connectivity index (χ1v) is 8.76. The van der Waals surface area contributed by atoms with Crippen molar-refractivity contribution in [2.24, 2.45) is 5.92 Å². The number of hydrogen-bond acceptors (Lipinski definition) is 4. The predicted octanol–water partition coefficient (Wildman–Crippen LogP) is 0.753. The molecule has 1 amide bonds. The molecule has 0 spiro atoms. The van der Waals surface area contributed by atoms with Gasteiger partial charge in [0.2, 0.25) is 15.9 Å². The molecule has 0 bridgehead atoms. The average Bonchev–Trinajstić information content (AvgIpc) is 2.46. The van der Waals surface area contributed by atoms with E-state index in [0.717, 1.165) is 0 Å². The molecule has 0 heterocycles. The van der Waals surface area contributed by atoms with Crippen LogP contribution in [0, 0.1) is 5.92 Å². The number of carbonyl (C=O) groups is 2. The Bertz CT molecular complexity index is 655. The highest BCUT2D eigenvalue weighted by atomic mass is 32.2. The lowest BCUT2D eigenvalue weighted by molar-refractivity contribution is -0.142. The van der Waals surface area contributed by atoms with E-state index in [0.29, 0.717) is 12.1 Å². The fourth-order valence-corrected chi connectivity index (χ4v) is 2.93. The van der Waals surface area contributed by atoms with Crippen molar-refractivity contribution in [2.45, 2.75) is 38.1 Å². The van der Waals surface area contributed by atoms with Gasteiger partial charge in [-0.25, -0.2) is 13.1 Å². The van der Waals surface area contributed by atoms with Gasteiger partial charge in [0.25, 0.3) is 0 Å². The standard InChI is InChI=1S/C15H22N2O5S/c1-4-16-23(21,22)13-7-5-12(6-8-13)9-14(18)17-11(3)10(2)15(19)20/h5-8,10-11,16H,4,9H2,1-3H3,(H,17,18)(H,19,20). The van der Waals surface area contributed by atoms with E-state index < -0.39 is 28.0 Å². The number of hydrogen-bond donors (Lipinski definition) is 3. The fraction of sp³-hybridized carbons (Fsp3) is 0.467. The molecule has 8 heteroatoms. The minimum absolute atomic E-state index is 0.0538. The molecule has 0 aliphatic rings.